The molecule has 19 heavy (non-hydrogen) atoms. The van der Waals surface area contributed by atoms with Crippen LogP contribution in [0.15, 0.2) is 28.7 Å². The van der Waals surface area contributed by atoms with Crippen molar-refractivity contribution < 1.29 is 0 Å². The predicted octanol–water partition coefficient (Wildman–Crippen LogP) is 4.38. The van der Waals surface area contributed by atoms with Gasteiger partial charge in [0.25, 0.3) is 0 Å². The molecule has 0 bridgehead atoms. The zero-order valence-corrected chi connectivity index (χ0v) is 13.2. The number of nitrogens with one attached hydrogen (secondary N) is 1. The first-order valence-corrected chi connectivity index (χ1v) is 7.14. The average molecular weight is 320 g/mol. The SMILES string of the molecule is CNc1cc(C(C)C)nc(-c2ccc(Br)c(C)c2)n1. The Kier molecular flexibility index (Phi) is 4.20. The fraction of sp³-hybridized carbons (Fsp3) is 0.333. The van der Waals surface area contributed by atoms with E-state index < -0.39 is 0 Å². The smallest absolute Gasteiger partial charge is 0.161 e. The highest BCUT2D eigenvalue weighted by molar-refractivity contribution is 9.10. The number of hydrogen-bond acceptors (Lipinski definition) is 3. The lowest BCUT2D eigenvalue weighted by Gasteiger charge is -2.11. The molecule has 1 N–H and O–H groups in total. The molecule has 0 aliphatic rings. The van der Waals surface area contributed by atoms with Crippen molar-refractivity contribution in [2.24, 2.45) is 0 Å². The normalized spacial score (nSPS) is 10.8. The third-order valence-corrected chi connectivity index (χ3v) is 3.90. The summed E-state index contributed by atoms with van der Waals surface area (Å²) in [6, 6.07) is 8.17. The van der Waals surface area contributed by atoms with Gasteiger partial charge in [-0.2, -0.15) is 0 Å². The second-order valence-electron chi connectivity index (χ2n) is 4.87. The molecule has 0 saturated carbocycles. The maximum atomic E-state index is 4.66. The number of aromatic nitrogens is 2. The summed E-state index contributed by atoms with van der Waals surface area (Å²) in [5.74, 6) is 2.01. The van der Waals surface area contributed by atoms with Gasteiger partial charge in [0.05, 0.1) is 0 Å². The summed E-state index contributed by atoms with van der Waals surface area (Å²) in [7, 11) is 1.88. The van der Waals surface area contributed by atoms with Crippen LogP contribution in [0.25, 0.3) is 11.4 Å². The molecule has 0 unspecified atom stereocenters. The highest BCUT2D eigenvalue weighted by Gasteiger charge is 2.09. The number of halogens is 1. The Morgan fingerprint density at radius 2 is 1.89 bits per heavy atom. The topological polar surface area (TPSA) is 37.8 Å². The van der Waals surface area contributed by atoms with Crippen molar-refractivity contribution in [2.75, 3.05) is 12.4 Å². The quantitative estimate of drug-likeness (QED) is 0.912. The summed E-state index contributed by atoms with van der Waals surface area (Å²) in [5.41, 5.74) is 3.27. The van der Waals surface area contributed by atoms with Crippen LogP contribution in [-0.4, -0.2) is 17.0 Å². The van der Waals surface area contributed by atoms with Crippen LogP contribution in [0.2, 0.25) is 0 Å². The molecule has 0 spiro atoms. The second kappa shape index (κ2) is 5.70. The summed E-state index contributed by atoms with van der Waals surface area (Å²) < 4.78 is 1.10. The van der Waals surface area contributed by atoms with E-state index in [9.17, 15) is 0 Å². The standard InChI is InChI=1S/C15H18BrN3/c1-9(2)13-8-14(17-4)19-15(18-13)11-5-6-12(16)10(3)7-11/h5-9H,1-4H3,(H,17,18,19). The van der Waals surface area contributed by atoms with E-state index >= 15 is 0 Å². The number of nitrogens with zero attached hydrogens (tertiary/aromatic N) is 2. The van der Waals surface area contributed by atoms with Crippen molar-refractivity contribution >= 4 is 21.7 Å². The number of rotatable bonds is 3. The summed E-state index contributed by atoms with van der Waals surface area (Å²) in [5, 5.41) is 3.10. The van der Waals surface area contributed by atoms with Crippen LogP contribution in [0.1, 0.15) is 31.0 Å². The van der Waals surface area contributed by atoms with Crippen LogP contribution in [0.3, 0.4) is 0 Å². The van der Waals surface area contributed by atoms with Gasteiger partial charge in [0, 0.05) is 28.8 Å². The molecule has 0 aliphatic carbocycles. The second-order valence-corrected chi connectivity index (χ2v) is 5.72. The summed E-state index contributed by atoms with van der Waals surface area (Å²) in [6.45, 7) is 6.34. The highest BCUT2D eigenvalue weighted by atomic mass is 79.9. The first kappa shape index (κ1) is 14.0. The Labute approximate surface area is 122 Å². The molecule has 0 aliphatic heterocycles. The Bertz CT molecular complexity index is 594. The lowest BCUT2D eigenvalue weighted by molar-refractivity contribution is 0.817. The molecule has 0 fully saturated rings. The zero-order valence-electron chi connectivity index (χ0n) is 11.7. The number of anilines is 1. The van der Waals surface area contributed by atoms with Crippen molar-refractivity contribution in [3.63, 3.8) is 0 Å². The lowest BCUT2D eigenvalue weighted by atomic mass is 10.1. The van der Waals surface area contributed by atoms with Crippen LogP contribution in [0, 0.1) is 6.92 Å². The maximum absolute atomic E-state index is 4.66. The first-order valence-electron chi connectivity index (χ1n) is 6.34. The maximum Gasteiger partial charge on any atom is 0.161 e. The number of hydrogen-bond donors (Lipinski definition) is 1. The molecule has 0 amide bonds. The van der Waals surface area contributed by atoms with Crippen molar-refractivity contribution in [3.8, 4) is 11.4 Å². The van der Waals surface area contributed by atoms with Gasteiger partial charge in [0.15, 0.2) is 5.82 Å². The Balaban J connectivity index is 2.54. The Morgan fingerprint density at radius 3 is 2.47 bits per heavy atom. The van der Waals surface area contributed by atoms with E-state index in [0.717, 1.165) is 27.4 Å². The zero-order chi connectivity index (χ0) is 14.0. The highest BCUT2D eigenvalue weighted by Crippen LogP contribution is 2.25. The van der Waals surface area contributed by atoms with E-state index in [1.807, 2.05) is 25.2 Å². The van der Waals surface area contributed by atoms with E-state index in [1.165, 1.54) is 5.56 Å². The molecule has 0 saturated heterocycles. The largest absolute Gasteiger partial charge is 0.373 e. The van der Waals surface area contributed by atoms with E-state index in [1.54, 1.807) is 0 Å². The molecule has 4 heteroatoms. The molecule has 1 aromatic heterocycles. The molecule has 0 radical (unpaired) electrons. The minimum absolute atomic E-state index is 0.380. The van der Waals surface area contributed by atoms with Crippen molar-refractivity contribution in [1.29, 1.82) is 0 Å². The Morgan fingerprint density at radius 1 is 1.16 bits per heavy atom. The number of aryl methyl sites for hydroxylation is 1. The number of benzene rings is 1. The van der Waals surface area contributed by atoms with Crippen LogP contribution < -0.4 is 5.32 Å². The van der Waals surface area contributed by atoms with Gasteiger partial charge in [-0.1, -0.05) is 35.8 Å². The van der Waals surface area contributed by atoms with E-state index in [0.29, 0.717) is 5.92 Å². The molecule has 2 aromatic rings. The molecular weight excluding hydrogens is 302 g/mol. The van der Waals surface area contributed by atoms with Crippen molar-refractivity contribution in [1.82, 2.24) is 9.97 Å². The van der Waals surface area contributed by atoms with Crippen LogP contribution in [0.5, 0.6) is 0 Å². The Hall–Kier alpha value is -1.42. The van der Waals surface area contributed by atoms with E-state index in [2.05, 4.69) is 58.1 Å². The molecule has 1 heterocycles. The average Bonchev–Trinajstić information content (AvgIpc) is 2.41. The minimum Gasteiger partial charge on any atom is -0.373 e. The van der Waals surface area contributed by atoms with Gasteiger partial charge in [-0.05, 0) is 30.5 Å². The third-order valence-electron chi connectivity index (χ3n) is 3.01. The lowest BCUT2D eigenvalue weighted by Crippen LogP contribution is -2.02. The van der Waals surface area contributed by atoms with Gasteiger partial charge in [0.1, 0.15) is 5.82 Å². The van der Waals surface area contributed by atoms with E-state index in [-0.39, 0.29) is 0 Å². The van der Waals surface area contributed by atoms with Crippen molar-refractivity contribution in [2.45, 2.75) is 26.7 Å². The van der Waals surface area contributed by atoms with Gasteiger partial charge < -0.3 is 5.32 Å². The fourth-order valence-corrected chi connectivity index (χ4v) is 2.05. The predicted molar refractivity (Wildman–Crippen MR) is 83.5 cm³/mol. The van der Waals surface area contributed by atoms with Gasteiger partial charge in [0.2, 0.25) is 0 Å². The molecule has 1 aromatic carbocycles. The molecule has 0 atom stereocenters. The summed E-state index contributed by atoms with van der Waals surface area (Å²) in [4.78, 5) is 9.19. The first-order chi connectivity index (χ1) is 9.01. The monoisotopic (exact) mass is 319 g/mol. The van der Waals surface area contributed by atoms with Crippen molar-refractivity contribution in [3.05, 3.63) is 40.0 Å². The third kappa shape index (κ3) is 3.13. The molecular formula is C15H18BrN3. The molecule has 3 nitrogen and oxygen atoms in total. The van der Waals surface area contributed by atoms with Gasteiger partial charge in [-0.15, -0.1) is 0 Å². The van der Waals surface area contributed by atoms with Gasteiger partial charge in [-0.3, -0.25) is 0 Å². The van der Waals surface area contributed by atoms with Crippen LogP contribution in [0.4, 0.5) is 5.82 Å². The summed E-state index contributed by atoms with van der Waals surface area (Å²) >= 11 is 3.51. The fourth-order valence-electron chi connectivity index (χ4n) is 1.80. The van der Waals surface area contributed by atoms with Crippen LogP contribution in [-0.2, 0) is 0 Å². The molecule has 2 rings (SSSR count). The van der Waals surface area contributed by atoms with Gasteiger partial charge >= 0.3 is 0 Å². The van der Waals surface area contributed by atoms with E-state index in [4.69, 9.17) is 0 Å². The van der Waals surface area contributed by atoms with Crippen LogP contribution >= 0.6 is 15.9 Å². The molecule has 100 valence electrons. The van der Waals surface area contributed by atoms with Gasteiger partial charge in [-0.25, -0.2) is 9.97 Å². The summed E-state index contributed by atoms with van der Waals surface area (Å²) in [6.07, 6.45) is 0. The minimum atomic E-state index is 0.380.